The largest absolute Gasteiger partial charge is 0.494 e. The number of fused-ring (bicyclic) bond motifs is 1. The minimum Gasteiger partial charge on any atom is -0.494 e. The Hall–Kier alpha value is -2.36. The summed E-state index contributed by atoms with van der Waals surface area (Å²) in [5.74, 6) is 0.396. The van der Waals surface area contributed by atoms with Crippen molar-refractivity contribution in [3.8, 4) is 5.75 Å². The normalized spacial score (nSPS) is 14.9. The van der Waals surface area contributed by atoms with Gasteiger partial charge in [-0.1, -0.05) is 35.1 Å². The number of amides is 1. The number of rotatable bonds is 4. The van der Waals surface area contributed by atoms with Crippen molar-refractivity contribution in [2.24, 2.45) is 0 Å². The monoisotopic (exact) mass is 465 g/mol. The fourth-order valence-electron chi connectivity index (χ4n) is 3.48. The van der Waals surface area contributed by atoms with Gasteiger partial charge in [-0.05, 0) is 24.3 Å². The average Bonchev–Trinajstić information content (AvgIpc) is 3.19. The molecular weight excluding hydrogens is 446 g/mol. The van der Waals surface area contributed by atoms with Crippen molar-refractivity contribution in [1.82, 2.24) is 9.88 Å². The van der Waals surface area contributed by atoms with E-state index in [1.807, 2.05) is 0 Å². The van der Waals surface area contributed by atoms with Crippen LogP contribution in [0.25, 0.3) is 10.2 Å². The maximum Gasteiger partial charge on any atom is 0.255 e. The summed E-state index contributed by atoms with van der Waals surface area (Å²) in [4.78, 5) is 21.5. The SMILES string of the molecule is COc1ccc(Cl)c2sc(N3CCN(C(=O)c4ccccc4S(C)(=O)=O)CC3)nc12. The molecule has 1 fully saturated rings. The number of aromatic nitrogens is 1. The second-order valence-electron chi connectivity index (χ2n) is 6.97. The lowest BCUT2D eigenvalue weighted by Crippen LogP contribution is -2.49. The number of benzene rings is 2. The fourth-order valence-corrected chi connectivity index (χ4v) is 5.67. The van der Waals surface area contributed by atoms with Crippen LogP contribution in [-0.4, -0.2) is 63.8 Å². The molecule has 0 radical (unpaired) electrons. The molecule has 3 aromatic rings. The summed E-state index contributed by atoms with van der Waals surface area (Å²) in [7, 11) is -1.89. The van der Waals surface area contributed by atoms with Crippen molar-refractivity contribution in [1.29, 1.82) is 0 Å². The number of hydrogen-bond acceptors (Lipinski definition) is 7. The van der Waals surface area contributed by atoms with Gasteiger partial charge >= 0.3 is 0 Å². The number of hydrogen-bond donors (Lipinski definition) is 0. The average molecular weight is 466 g/mol. The molecule has 1 amide bonds. The summed E-state index contributed by atoms with van der Waals surface area (Å²) in [6, 6.07) is 9.92. The van der Waals surface area contributed by atoms with Crippen LogP contribution in [0.5, 0.6) is 5.75 Å². The van der Waals surface area contributed by atoms with E-state index in [-0.39, 0.29) is 16.4 Å². The number of carbonyl (C=O) groups excluding carboxylic acids is 1. The molecule has 7 nitrogen and oxygen atoms in total. The first-order chi connectivity index (χ1) is 14.3. The molecule has 0 saturated carbocycles. The molecular formula is C20H20ClN3O4S2. The Morgan fingerprint density at radius 3 is 2.50 bits per heavy atom. The number of carbonyl (C=O) groups is 1. The minimum atomic E-state index is -3.49. The lowest BCUT2D eigenvalue weighted by Gasteiger charge is -2.34. The van der Waals surface area contributed by atoms with Crippen LogP contribution in [-0.2, 0) is 9.84 Å². The van der Waals surface area contributed by atoms with Crippen LogP contribution in [0, 0.1) is 0 Å². The molecule has 2 heterocycles. The number of anilines is 1. The molecule has 0 unspecified atom stereocenters. The molecule has 10 heteroatoms. The lowest BCUT2D eigenvalue weighted by atomic mass is 10.2. The topological polar surface area (TPSA) is 79.8 Å². The predicted octanol–water partition coefficient (Wildman–Crippen LogP) is 3.32. The zero-order valence-corrected chi connectivity index (χ0v) is 18.9. The van der Waals surface area contributed by atoms with E-state index in [9.17, 15) is 13.2 Å². The summed E-state index contributed by atoms with van der Waals surface area (Å²) in [5, 5.41) is 1.45. The molecule has 0 bridgehead atoms. The molecule has 4 rings (SSSR count). The highest BCUT2D eigenvalue weighted by molar-refractivity contribution is 7.90. The van der Waals surface area contributed by atoms with Crippen molar-refractivity contribution in [3.05, 3.63) is 47.0 Å². The number of halogens is 1. The number of methoxy groups -OCH3 is 1. The molecule has 1 aliphatic heterocycles. The summed E-state index contributed by atoms with van der Waals surface area (Å²) in [6.45, 7) is 2.12. The Kier molecular flexibility index (Phi) is 5.61. The van der Waals surface area contributed by atoms with E-state index >= 15 is 0 Å². The van der Waals surface area contributed by atoms with Gasteiger partial charge < -0.3 is 14.5 Å². The summed E-state index contributed by atoms with van der Waals surface area (Å²) < 4.78 is 30.3. The maximum atomic E-state index is 13.0. The highest BCUT2D eigenvalue weighted by atomic mass is 35.5. The highest BCUT2D eigenvalue weighted by Crippen LogP contribution is 2.38. The molecule has 0 N–H and O–H groups in total. The third kappa shape index (κ3) is 3.84. The van der Waals surface area contributed by atoms with Gasteiger partial charge in [-0.15, -0.1) is 0 Å². The summed E-state index contributed by atoms with van der Waals surface area (Å²) in [5.41, 5.74) is 0.940. The third-order valence-corrected chi connectivity index (χ3v) is 7.75. The Balaban J connectivity index is 1.53. The first-order valence-electron chi connectivity index (χ1n) is 9.26. The zero-order valence-electron chi connectivity index (χ0n) is 16.5. The first-order valence-corrected chi connectivity index (χ1v) is 12.3. The van der Waals surface area contributed by atoms with Gasteiger partial charge in [0.25, 0.3) is 5.91 Å². The van der Waals surface area contributed by atoms with Crippen molar-refractivity contribution in [2.45, 2.75) is 4.90 Å². The van der Waals surface area contributed by atoms with E-state index in [1.54, 1.807) is 42.3 Å². The molecule has 2 aromatic carbocycles. The van der Waals surface area contributed by atoms with Crippen LogP contribution < -0.4 is 9.64 Å². The second kappa shape index (κ2) is 8.05. The first kappa shape index (κ1) is 20.9. The highest BCUT2D eigenvalue weighted by Gasteiger charge is 2.27. The van der Waals surface area contributed by atoms with Gasteiger partial charge in [0, 0.05) is 32.4 Å². The van der Waals surface area contributed by atoms with Crippen LogP contribution in [0.2, 0.25) is 5.02 Å². The van der Waals surface area contributed by atoms with E-state index in [1.165, 1.54) is 17.4 Å². The Labute approximate surface area is 183 Å². The number of sulfone groups is 1. The van der Waals surface area contributed by atoms with Gasteiger partial charge in [0.2, 0.25) is 0 Å². The molecule has 1 aliphatic rings. The number of nitrogens with zero attached hydrogens (tertiary/aromatic N) is 3. The Morgan fingerprint density at radius 2 is 1.83 bits per heavy atom. The van der Waals surface area contributed by atoms with Crippen LogP contribution in [0.15, 0.2) is 41.3 Å². The molecule has 158 valence electrons. The molecule has 30 heavy (non-hydrogen) atoms. The van der Waals surface area contributed by atoms with Gasteiger partial charge in [-0.2, -0.15) is 0 Å². The van der Waals surface area contributed by atoms with Gasteiger partial charge in [0.05, 0.1) is 27.3 Å². The number of thiazole rings is 1. The van der Waals surface area contributed by atoms with Crippen molar-refractivity contribution in [2.75, 3.05) is 44.4 Å². The zero-order chi connectivity index (χ0) is 21.5. The summed E-state index contributed by atoms with van der Waals surface area (Å²) >= 11 is 7.81. The predicted molar refractivity (Wildman–Crippen MR) is 119 cm³/mol. The molecule has 0 aliphatic carbocycles. The minimum absolute atomic E-state index is 0.0605. The standard InChI is InChI=1S/C20H20ClN3O4S2/c1-28-15-8-7-14(21)18-17(15)22-20(29-18)24-11-9-23(10-12-24)19(25)13-5-3-4-6-16(13)30(2,26)27/h3-8H,9-12H2,1-2H3. The van der Waals surface area contributed by atoms with E-state index < -0.39 is 9.84 Å². The Morgan fingerprint density at radius 1 is 1.13 bits per heavy atom. The van der Waals surface area contributed by atoms with Gasteiger partial charge in [0.15, 0.2) is 15.0 Å². The van der Waals surface area contributed by atoms with E-state index in [2.05, 4.69) is 4.90 Å². The fraction of sp³-hybridized carbons (Fsp3) is 0.300. The molecule has 0 spiro atoms. The number of piperazine rings is 1. The van der Waals surface area contributed by atoms with Gasteiger partial charge in [0.1, 0.15) is 11.3 Å². The van der Waals surface area contributed by atoms with E-state index in [0.717, 1.165) is 21.6 Å². The molecule has 1 aromatic heterocycles. The number of ether oxygens (including phenoxy) is 1. The Bertz CT molecular complexity index is 1220. The van der Waals surface area contributed by atoms with Gasteiger partial charge in [-0.25, -0.2) is 13.4 Å². The van der Waals surface area contributed by atoms with Crippen LogP contribution in [0.3, 0.4) is 0 Å². The van der Waals surface area contributed by atoms with Crippen molar-refractivity contribution in [3.63, 3.8) is 0 Å². The smallest absolute Gasteiger partial charge is 0.255 e. The van der Waals surface area contributed by atoms with E-state index in [0.29, 0.717) is 37.0 Å². The molecule has 0 atom stereocenters. The lowest BCUT2D eigenvalue weighted by molar-refractivity contribution is 0.0743. The third-order valence-electron chi connectivity index (χ3n) is 5.02. The van der Waals surface area contributed by atoms with Crippen molar-refractivity contribution >= 4 is 54.0 Å². The summed E-state index contributed by atoms with van der Waals surface area (Å²) in [6.07, 6.45) is 1.11. The maximum absolute atomic E-state index is 13.0. The van der Waals surface area contributed by atoms with Crippen LogP contribution >= 0.6 is 22.9 Å². The molecule has 1 saturated heterocycles. The second-order valence-corrected chi connectivity index (χ2v) is 10.3. The van der Waals surface area contributed by atoms with Gasteiger partial charge in [-0.3, -0.25) is 4.79 Å². The quantitative estimate of drug-likeness (QED) is 0.588. The van der Waals surface area contributed by atoms with Crippen LogP contribution in [0.4, 0.5) is 5.13 Å². The van der Waals surface area contributed by atoms with Crippen molar-refractivity contribution < 1.29 is 17.9 Å². The van der Waals surface area contributed by atoms with Crippen LogP contribution in [0.1, 0.15) is 10.4 Å². The van der Waals surface area contributed by atoms with E-state index in [4.69, 9.17) is 21.3 Å².